The van der Waals surface area contributed by atoms with Crippen molar-refractivity contribution in [1.82, 2.24) is 24.6 Å². The maximum Gasteiger partial charge on any atom is 0.233 e. The number of halogens is 1. The van der Waals surface area contributed by atoms with Gasteiger partial charge in [0.15, 0.2) is 11.0 Å². The third-order valence-electron chi connectivity index (χ3n) is 4.38. The highest BCUT2D eigenvalue weighted by Gasteiger charge is 2.19. The molecule has 0 spiro atoms. The van der Waals surface area contributed by atoms with Gasteiger partial charge in [-0.2, -0.15) is 0 Å². The maximum absolute atomic E-state index is 12.6. The molecule has 0 unspecified atom stereocenters. The molecule has 1 aromatic carbocycles. The predicted octanol–water partition coefficient (Wildman–Crippen LogP) is 4.33. The molecule has 0 radical (unpaired) electrons. The summed E-state index contributed by atoms with van der Waals surface area (Å²) in [5, 5.41) is 9.95. The Morgan fingerprint density at radius 1 is 1.13 bits per heavy atom. The fourth-order valence-corrected chi connectivity index (χ4v) is 3.85. The van der Waals surface area contributed by atoms with E-state index in [1.165, 1.54) is 11.8 Å². The Morgan fingerprint density at radius 2 is 1.90 bits per heavy atom. The summed E-state index contributed by atoms with van der Waals surface area (Å²) in [5.41, 5.74) is 1.73. The zero-order valence-electron chi connectivity index (χ0n) is 16.1. The SMILES string of the molecule is CN(Cc1ccco1)C(=O)CSc1nnc(-c2ccncc2)n1-c1ccc(Cl)cc1. The quantitative estimate of drug-likeness (QED) is 0.399. The van der Waals surface area contributed by atoms with Gasteiger partial charge in [0.25, 0.3) is 0 Å². The van der Waals surface area contributed by atoms with Crippen molar-refractivity contribution in [1.29, 1.82) is 0 Å². The van der Waals surface area contributed by atoms with Gasteiger partial charge in [-0.25, -0.2) is 0 Å². The summed E-state index contributed by atoms with van der Waals surface area (Å²) < 4.78 is 7.23. The molecule has 7 nitrogen and oxygen atoms in total. The van der Waals surface area contributed by atoms with Crippen LogP contribution in [-0.4, -0.2) is 43.4 Å². The molecule has 0 bridgehead atoms. The number of pyridine rings is 1. The summed E-state index contributed by atoms with van der Waals surface area (Å²) in [6, 6.07) is 14.8. The zero-order chi connectivity index (χ0) is 20.9. The van der Waals surface area contributed by atoms with Gasteiger partial charge in [-0.05, 0) is 48.5 Å². The van der Waals surface area contributed by atoms with Gasteiger partial charge in [0.05, 0.1) is 18.6 Å². The van der Waals surface area contributed by atoms with E-state index in [4.69, 9.17) is 16.0 Å². The minimum absolute atomic E-state index is 0.0347. The molecule has 0 atom stereocenters. The number of hydrogen-bond donors (Lipinski definition) is 0. The smallest absolute Gasteiger partial charge is 0.233 e. The lowest BCUT2D eigenvalue weighted by atomic mass is 10.2. The first-order valence-corrected chi connectivity index (χ1v) is 10.5. The van der Waals surface area contributed by atoms with Gasteiger partial charge < -0.3 is 9.32 Å². The molecule has 0 aliphatic carbocycles. The van der Waals surface area contributed by atoms with Crippen molar-refractivity contribution in [3.63, 3.8) is 0 Å². The van der Waals surface area contributed by atoms with Crippen molar-refractivity contribution in [2.45, 2.75) is 11.7 Å². The summed E-state index contributed by atoms with van der Waals surface area (Å²) in [7, 11) is 1.75. The lowest BCUT2D eigenvalue weighted by Crippen LogP contribution is -2.27. The van der Waals surface area contributed by atoms with E-state index in [2.05, 4.69) is 15.2 Å². The molecule has 30 heavy (non-hydrogen) atoms. The summed E-state index contributed by atoms with van der Waals surface area (Å²) in [5.74, 6) is 1.59. The van der Waals surface area contributed by atoms with Gasteiger partial charge in [0, 0.05) is 35.7 Å². The number of amides is 1. The van der Waals surface area contributed by atoms with Gasteiger partial charge in [-0.3, -0.25) is 14.3 Å². The second kappa shape index (κ2) is 9.15. The van der Waals surface area contributed by atoms with Crippen molar-refractivity contribution in [3.8, 4) is 17.1 Å². The minimum Gasteiger partial charge on any atom is -0.467 e. The molecule has 1 amide bonds. The molecule has 9 heteroatoms. The lowest BCUT2D eigenvalue weighted by Gasteiger charge is -2.15. The van der Waals surface area contributed by atoms with Crippen LogP contribution in [0.2, 0.25) is 5.02 Å². The van der Waals surface area contributed by atoms with E-state index in [0.717, 1.165) is 17.0 Å². The Bertz CT molecular complexity index is 1110. The van der Waals surface area contributed by atoms with Gasteiger partial charge in [-0.15, -0.1) is 10.2 Å². The molecule has 0 aliphatic heterocycles. The third-order valence-corrected chi connectivity index (χ3v) is 5.55. The van der Waals surface area contributed by atoms with Gasteiger partial charge in [0.1, 0.15) is 5.76 Å². The largest absolute Gasteiger partial charge is 0.467 e. The Kier molecular flexibility index (Phi) is 6.15. The standard InChI is InChI=1S/C21H18ClN5O2S/c1-26(13-18-3-2-12-29-18)19(28)14-30-21-25-24-20(15-8-10-23-11-9-15)27(21)17-6-4-16(22)5-7-17/h2-12H,13-14H2,1H3. The number of carbonyl (C=O) groups is 1. The first-order chi connectivity index (χ1) is 14.6. The molecule has 152 valence electrons. The molecule has 3 aromatic heterocycles. The monoisotopic (exact) mass is 439 g/mol. The minimum atomic E-state index is -0.0347. The number of benzene rings is 1. The van der Waals surface area contributed by atoms with Crippen molar-refractivity contribution in [2.75, 3.05) is 12.8 Å². The number of nitrogens with zero attached hydrogens (tertiary/aromatic N) is 5. The number of carbonyl (C=O) groups excluding carboxylic acids is 1. The summed E-state index contributed by atoms with van der Waals surface area (Å²) in [6.07, 6.45) is 5.00. The first kappa shape index (κ1) is 20.2. The molecule has 0 saturated carbocycles. The third kappa shape index (κ3) is 4.55. The number of thioether (sulfide) groups is 1. The Balaban J connectivity index is 1.57. The Morgan fingerprint density at radius 3 is 2.60 bits per heavy atom. The van der Waals surface area contributed by atoms with Crippen LogP contribution in [-0.2, 0) is 11.3 Å². The van der Waals surface area contributed by atoms with Gasteiger partial charge >= 0.3 is 0 Å². The van der Waals surface area contributed by atoms with Crippen LogP contribution in [0.3, 0.4) is 0 Å². The van der Waals surface area contributed by atoms with Gasteiger partial charge in [0.2, 0.25) is 5.91 Å². The highest BCUT2D eigenvalue weighted by atomic mass is 35.5. The van der Waals surface area contributed by atoms with Crippen LogP contribution in [0.15, 0.2) is 76.8 Å². The van der Waals surface area contributed by atoms with E-state index in [-0.39, 0.29) is 11.7 Å². The van der Waals surface area contributed by atoms with Crippen LogP contribution in [0.1, 0.15) is 5.76 Å². The molecule has 0 N–H and O–H groups in total. The highest BCUT2D eigenvalue weighted by molar-refractivity contribution is 7.99. The van der Waals surface area contributed by atoms with Crippen LogP contribution in [0, 0.1) is 0 Å². The number of rotatable bonds is 7. The van der Waals surface area contributed by atoms with Crippen molar-refractivity contribution in [2.24, 2.45) is 0 Å². The van der Waals surface area contributed by atoms with E-state index in [0.29, 0.717) is 22.5 Å². The van der Waals surface area contributed by atoms with Gasteiger partial charge in [-0.1, -0.05) is 23.4 Å². The van der Waals surface area contributed by atoms with Crippen LogP contribution in [0.4, 0.5) is 0 Å². The summed E-state index contributed by atoms with van der Waals surface area (Å²) >= 11 is 7.38. The molecular formula is C21H18ClN5O2S. The average Bonchev–Trinajstić information content (AvgIpc) is 3.43. The first-order valence-electron chi connectivity index (χ1n) is 9.13. The second-order valence-electron chi connectivity index (χ2n) is 6.47. The van der Waals surface area contributed by atoms with Crippen molar-refractivity contribution < 1.29 is 9.21 Å². The van der Waals surface area contributed by atoms with E-state index >= 15 is 0 Å². The second-order valence-corrected chi connectivity index (χ2v) is 7.85. The lowest BCUT2D eigenvalue weighted by molar-refractivity contribution is -0.127. The molecular weight excluding hydrogens is 422 g/mol. The fraction of sp³-hybridized carbons (Fsp3) is 0.143. The molecule has 4 aromatic rings. The van der Waals surface area contributed by atoms with E-state index < -0.39 is 0 Å². The maximum atomic E-state index is 12.6. The van der Waals surface area contributed by atoms with Crippen LogP contribution < -0.4 is 0 Å². The average molecular weight is 440 g/mol. The van der Waals surface area contributed by atoms with Crippen LogP contribution in [0.5, 0.6) is 0 Å². The number of aromatic nitrogens is 4. The van der Waals surface area contributed by atoms with E-state index in [1.807, 2.05) is 47.0 Å². The zero-order valence-corrected chi connectivity index (χ0v) is 17.7. The molecule has 0 saturated heterocycles. The number of furan rings is 1. The Labute approximate surface area is 182 Å². The molecule has 4 rings (SSSR count). The Hall–Kier alpha value is -3.10. The summed E-state index contributed by atoms with van der Waals surface area (Å²) in [4.78, 5) is 18.3. The van der Waals surface area contributed by atoms with Crippen LogP contribution in [0.25, 0.3) is 17.1 Å². The van der Waals surface area contributed by atoms with Crippen LogP contribution >= 0.6 is 23.4 Å². The highest BCUT2D eigenvalue weighted by Crippen LogP contribution is 2.28. The van der Waals surface area contributed by atoms with E-state index in [9.17, 15) is 4.79 Å². The molecule has 0 aliphatic rings. The molecule has 0 fully saturated rings. The van der Waals surface area contributed by atoms with Crippen molar-refractivity contribution in [3.05, 3.63) is 78.0 Å². The number of hydrogen-bond acceptors (Lipinski definition) is 6. The predicted molar refractivity (Wildman–Crippen MR) is 116 cm³/mol. The fourth-order valence-electron chi connectivity index (χ4n) is 2.84. The summed E-state index contributed by atoms with van der Waals surface area (Å²) in [6.45, 7) is 0.415. The normalized spacial score (nSPS) is 10.9. The molecule has 3 heterocycles. The van der Waals surface area contributed by atoms with Crippen molar-refractivity contribution >= 4 is 29.3 Å². The topological polar surface area (TPSA) is 77.1 Å². The van der Waals surface area contributed by atoms with E-state index in [1.54, 1.807) is 36.7 Å².